The molecule has 0 atom stereocenters. The number of nitrogens with zero attached hydrogens (tertiary/aromatic N) is 2. The van der Waals surface area contributed by atoms with Crippen LogP contribution in [0, 0.1) is 10.1 Å². The third-order valence-electron chi connectivity index (χ3n) is 3.07. The molecule has 8 heteroatoms. The molecule has 6 nitrogen and oxygen atoms in total. The fraction of sp³-hybridized carbons (Fsp3) is 0.455. The summed E-state index contributed by atoms with van der Waals surface area (Å²) in [6, 6.07) is 4.70. The molecule has 1 aliphatic heterocycles. The number of nitro groups is 1. The Hall–Kier alpha value is -1.54. The lowest BCUT2D eigenvalue weighted by Crippen LogP contribution is -2.38. The molecule has 0 radical (unpaired) electrons. The molecule has 0 bridgehead atoms. The van der Waals surface area contributed by atoms with Gasteiger partial charge in [-0.15, -0.1) is 0 Å². The molecule has 0 aromatic heterocycles. The second-order valence-corrected chi connectivity index (χ2v) is 6.27. The Labute approximate surface area is 110 Å². The second-order valence-electron chi connectivity index (χ2n) is 4.33. The Morgan fingerprint density at radius 2 is 1.74 bits per heavy atom. The molecule has 1 fully saturated rings. The van der Waals surface area contributed by atoms with Gasteiger partial charge in [0.1, 0.15) is 6.17 Å². The normalized spacial score (nSPS) is 18.4. The molecule has 1 aliphatic rings. The average Bonchev–Trinajstić information content (AvgIpc) is 2.39. The number of hydrogen-bond acceptors (Lipinski definition) is 4. The zero-order valence-corrected chi connectivity index (χ0v) is 10.8. The number of rotatable bonds is 3. The molecule has 1 aromatic rings. The van der Waals surface area contributed by atoms with Gasteiger partial charge in [-0.3, -0.25) is 10.1 Å². The van der Waals surface area contributed by atoms with Gasteiger partial charge in [0, 0.05) is 25.2 Å². The van der Waals surface area contributed by atoms with Crippen LogP contribution in [0.2, 0.25) is 0 Å². The van der Waals surface area contributed by atoms with Gasteiger partial charge in [-0.05, 0) is 25.0 Å². The van der Waals surface area contributed by atoms with E-state index in [1.807, 2.05) is 0 Å². The number of hydrogen-bond donors (Lipinski definition) is 0. The molecule has 0 N–H and O–H groups in total. The van der Waals surface area contributed by atoms with Gasteiger partial charge in [0.15, 0.2) is 0 Å². The van der Waals surface area contributed by atoms with E-state index in [0.717, 1.165) is 12.1 Å². The fourth-order valence-electron chi connectivity index (χ4n) is 1.95. The van der Waals surface area contributed by atoms with Crippen molar-refractivity contribution in [1.29, 1.82) is 0 Å². The Bertz CT molecular complexity index is 565. The summed E-state index contributed by atoms with van der Waals surface area (Å²) in [4.78, 5) is 9.91. The summed E-state index contributed by atoms with van der Waals surface area (Å²) >= 11 is 0. The Morgan fingerprint density at radius 1 is 1.21 bits per heavy atom. The summed E-state index contributed by atoms with van der Waals surface area (Å²) in [5.74, 6) is 0. The van der Waals surface area contributed by atoms with Gasteiger partial charge in [-0.1, -0.05) is 0 Å². The largest absolute Gasteiger partial charge is 0.269 e. The molecule has 0 spiro atoms. The van der Waals surface area contributed by atoms with Gasteiger partial charge in [-0.2, -0.15) is 4.31 Å². The number of alkyl halides is 1. The van der Waals surface area contributed by atoms with Crippen LogP contribution in [-0.2, 0) is 10.0 Å². The summed E-state index contributed by atoms with van der Waals surface area (Å²) in [5, 5.41) is 10.5. The predicted octanol–water partition coefficient (Wildman–Crippen LogP) is 1.72. The molecule has 0 amide bonds. The van der Waals surface area contributed by atoms with Crippen molar-refractivity contribution in [1.82, 2.24) is 4.31 Å². The van der Waals surface area contributed by atoms with Gasteiger partial charge in [0.2, 0.25) is 10.0 Å². The minimum Gasteiger partial charge on any atom is -0.258 e. The molecule has 19 heavy (non-hydrogen) atoms. The van der Waals surface area contributed by atoms with E-state index in [-0.39, 0.29) is 36.5 Å². The molecule has 2 rings (SSSR count). The first-order chi connectivity index (χ1) is 8.91. The van der Waals surface area contributed by atoms with Crippen LogP contribution >= 0.6 is 0 Å². The van der Waals surface area contributed by atoms with Crippen LogP contribution in [0.1, 0.15) is 12.8 Å². The number of halogens is 1. The van der Waals surface area contributed by atoms with E-state index >= 15 is 0 Å². The maximum Gasteiger partial charge on any atom is 0.269 e. The highest BCUT2D eigenvalue weighted by Crippen LogP contribution is 2.23. The molecular weight excluding hydrogens is 275 g/mol. The number of benzene rings is 1. The topological polar surface area (TPSA) is 80.5 Å². The van der Waals surface area contributed by atoms with Crippen LogP contribution in [0.3, 0.4) is 0 Å². The first-order valence-electron chi connectivity index (χ1n) is 5.80. The van der Waals surface area contributed by atoms with Crippen molar-refractivity contribution in [3.8, 4) is 0 Å². The summed E-state index contributed by atoms with van der Waals surface area (Å²) in [7, 11) is -3.68. The summed E-state index contributed by atoms with van der Waals surface area (Å²) in [6.07, 6.45) is -0.582. The molecule has 1 aromatic carbocycles. The van der Waals surface area contributed by atoms with E-state index in [2.05, 4.69) is 0 Å². The van der Waals surface area contributed by atoms with Gasteiger partial charge >= 0.3 is 0 Å². The zero-order valence-electron chi connectivity index (χ0n) is 10.0. The van der Waals surface area contributed by atoms with E-state index < -0.39 is 21.1 Å². The zero-order chi connectivity index (χ0) is 14.0. The summed E-state index contributed by atoms with van der Waals surface area (Å²) < 4.78 is 38.6. The summed E-state index contributed by atoms with van der Waals surface area (Å²) in [6.45, 7) is 0.279. The maximum absolute atomic E-state index is 13.0. The molecule has 1 heterocycles. The highest BCUT2D eigenvalue weighted by molar-refractivity contribution is 7.89. The highest BCUT2D eigenvalue weighted by Gasteiger charge is 2.29. The van der Waals surface area contributed by atoms with Crippen molar-refractivity contribution in [2.75, 3.05) is 13.1 Å². The SMILES string of the molecule is O=[N+]([O-])c1ccc(S(=O)(=O)N2CCC(F)CC2)cc1. The van der Waals surface area contributed by atoms with Crippen LogP contribution in [0.4, 0.5) is 10.1 Å². The molecule has 0 saturated carbocycles. The van der Waals surface area contributed by atoms with Crippen LogP contribution < -0.4 is 0 Å². The third-order valence-corrected chi connectivity index (χ3v) is 4.98. The first-order valence-corrected chi connectivity index (χ1v) is 7.24. The number of piperidine rings is 1. The predicted molar refractivity (Wildman–Crippen MR) is 66.0 cm³/mol. The average molecular weight is 288 g/mol. The summed E-state index contributed by atoms with van der Waals surface area (Å²) in [5.41, 5.74) is -0.165. The third kappa shape index (κ3) is 2.90. The maximum atomic E-state index is 13.0. The monoisotopic (exact) mass is 288 g/mol. The second kappa shape index (κ2) is 5.22. The van der Waals surface area contributed by atoms with Crippen molar-refractivity contribution in [2.24, 2.45) is 0 Å². The van der Waals surface area contributed by atoms with Crippen molar-refractivity contribution in [3.05, 3.63) is 34.4 Å². The van der Waals surface area contributed by atoms with E-state index in [1.54, 1.807) is 0 Å². The molecular formula is C11H13FN2O4S. The van der Waals surface area contributed by atoms with Crippen LogP contribution in [0.5, 0.6) is 0 Å². The Balaban J connectivity index is 2.22. The van der Waals surface area contributed by atoms with E-state index in [0.29, 0.717) is 0 Å². The van der Waals surface area contributed by atoms with E-state index in [4.69, 9.17) is 0 Å². The fourth-order valence-corrected chi connectivity index (χ4v) is 3.42. The highest BCUT2D eigenvalue weighted by atomic mass is 32.2. The Morgan fingerprint density at radius 3 is 2.21 bits per heavy atom. The van der Waals surface area contributed by atoms with Crippen molar-refractivity contribution in [2.45, 2.75) is 23.9 Å². The minimum atomic E-state index is -3.68. The molecule has 1 saturated heterocycles. The van der Waals surface area contributed by atoms with Gasteiger partial charge < -0.3 is 0 Å². The van der Waals surface area contributed by atoms with Crippen molar-refractivity contribution in [3.63, 3.8) is 0 Å². The van der Waals surface area contributed by atoms with Crippen LogP contribution in [0.15, 0.2) is 29.2 Å². The smallest absolute Gasteiger partial charge is 0.258 e. The van der Waals surface area contributed by atoms with Crippen molar-refractivity contribution >= 4 is 15.7 Å². The van der Waals surface area contributed by atoms with Crippen molar-refractivity contribution < 1.29 is 17.7 Å². The van der Waals surface area contributed by atoms with Gasteiger partial charge in [0.25, 0.3) is 5.69 Å². The molecule has 0 unspecified atom stereocenters. The molecule has 104 valence electrons. The standard InChI is InChI=1S/C11H13FN2O4S/c12-9-5-7-13(8-6-9)19(17,18)11-3-1-10(2-4-11)14(15)16/h1-4,9H,5-8H2. The minimum absolute atomic E-state index is 0.00425. The lowest BCUT2D eigenvalue weighted by atomic mass is 10.1. The van der Waals surface area contributed by atoms with E-state index in [9.17, 15) is 22.9 Å². The number of non-ortho nitro benzene ring substituents is 1. The lowest BCUT2D eigenvalue weighted by Gasteiger charge is -2.27. The molecule has 0 aliphatic carbocycles. The van der Waals surface area contributed by atoms with Crippen LogP contribution in [0.25, 0.3) is 0 Å². The Kier molecular flexibility index (Phi) is 3.81. The number of sulfonamides is 1. The van der Waals surface area contributed by atoms with Gasteiger partial charge in [-0.25, -0.2) is 12.8 Å². The number of nitro benzene ring substituents is 1. The van der Waals surface area contributed by atoms with Crippen LogP contribution in [-0.4, -0.2) is 36.9 Å². The van der Waals surface area contributed by atoms with Gasteiger partial charge in [0.05, 0.1) is 9.82 Å². The lowest BCUT2D eigenvalue weighted by molar-refractivity contribution is -0.384. The first kappa shape index (κ1) is 13.9. The quantitative estimate of drug-likeness (QED) is 0.626. The van der Waals surface area contributed by atoms with E-state index in [1.165, 1.54) is 16.4 Å².